The molecular formula is C15H20S. The molecule has 1 aromatic carbocycles. The average Bonchev–Trinajstić information content (AvgIpc) is 2.32. The molecule has 86 valence electrons. The van der Waals surface area contributed by atoms with E-state index in [-0.39, 0.29) is 0 Å². The Balaban J connectivity index is 2.04. The van der Waals surface area contributed by atoms with E-state index in [1.54, 1.807) is 0 Å². The van der Waals surface area contributed by atoms with Crippen molar-refractivity contribution in [1.82, 2.24) is 0 Å². The molecule has 0 saturated heterocycles. The van der Waals surface area contributed by atoms with Gasteiger partial charge in [0.2, 0.25) is 0 Å². The van der Waals surface area contributed by atoms with Crippen molar-refractivity contribution in [2.75, 3.05) is 0 Å². The van der Waals surface area contributed by atoms with Crippen LogP contribution in [0.3, 0.4) is 0 Å². The van der Waals surface area contributed by atoms with Gasteiger partial charge in [-0.05, 0) is 48.4 Å². The molecule has 0 bridgehead atoms. The number of allylic oxidation sites excluding steroid dienone is 2. The van der Waals surface area contributed by atoms with E-state index in [4.69, 9.17) is 0 Å². The maximum Gasteiger partial charge on any atom is 0.00403 e. The highest BCUT2D eigenvalue weighted by Crippen LogP contribution is 2.32. The van der Waals surface area contributed by atoms with Crippen LogP contribution in [0, 0.1) is 5.92 Å². The maximum atomic E-state index is 4.32. The van der Waals surface area contributed by atoms with E-state index in [0.717, 1.165) is 10.8 Å². The molecule has 0 spiro atoms. The molecule has 0 fully saturated rings. The van der Waals surface area contributed by atoms with Crippen molar-refractivity contribution in [2.24, 2.45) is 5.92 Å². The van der Waals surface area contributed by atoms with Gasteiger partial charge >= 0.3 is 0 Å². The van der Waals surface area contributed by atoms with Crippen LogP contribution in [0.5, 0.6) is 0 Å². The smallest absolute Gasteiger partial charge is 0.00403 e. The summed E-state index contributed by atoms with van der Waals surface area (Å²) >= 11 is 4.32. The fraction of sp³-hybridized carbons (Fsp3) is 0.467. The highest BCUT2D eigenvalue weighted by atomic mass is 32.1. The van der Waals surface area contributed by atoms with Crippen LogP contribution in [0.2, 0.25) is 0 Å². The van der Waals surface area contributed by atoms with Crippen LogP contribution < -0.4 is 0 Å². The van der Waals surface area contributed by atoms with Gasteiger partial charge in [-0.2, -0.15) is 0 Å². The summed E-state index contributed by atoms with van der Waals surface area (Å²) in [5.74, 6) is 0.929. The van der Waals surface area contributed by atoms with Crippen molar-refractivity contribution < 1.29 is 0 Å². The second-order valence-electron chi connectivity index (χ2n) is 4.71. The van der Waals surface area contributed by atoms with E-state index in [1.165, 1.54) is 43.2 Å². The molecule has 0 amide bonds. The predicted octanol–water partition coefficient (Wildman–Crippen LogP) is 4.96. The highest BCUT2D eigenvalue weighted by Gasteiger charge is 2.14. The van der Waals surface area contributed by atoms with E-state index in [2.05, 4.69) is 49.9 Å². The van der Waals surface area contributed by atoms with Gasteiger partial charge in [0.25, 0.3) is 0 Å². The molecule has 1 aliphatic rings. The molecule has 0 saturated carbocycles. The zero-order chi connectivity index (χ0) is 11.4. The van der Waals surface area contributed by atoms with Gasteiger partial charge in [-0.25, -0.2) is 0 Å². The monoisotopic (exact) mass is 232 g/mol. The summed E-state index contributed by atoms with van der Waals surface area (Å²) in [6, 6.07) is 8.54. The molecule has 2 rings (SSSR count). The maximum absolute atomic E-state index is 4.32. The molecule has 1 unspecified atom stereocenters. The normalized spacial score (nSPS) is 20.6. The minimum atomic E-state index is 0.929. The van der Waals surface area contributed by atoms with E-state index < -0.39 is 0 Å². The van der Waals surface area contributed by atoms with Crippen molar-refractivity contribution in [2.45, 2.75) is 43.9 Å². The Morgan fingerprint density at radius 3 is 2.56 bits per heavy atom. The third-order valence-electron chi connectivity index (χ3n) is 3.45. The zero-order valence-corrected chi connectivity index (χ0v) is 10.8. The number of benzene rings is 1. The summed E-state index contributed by atoms with van der Waals surface area (Å²) in [6.07, 6.45) is 9.03. The van der Waals surface area contributed by atoms with E-state index >= 15 is 0 Å². The van der Waals surface area contributed by atoms with Crippen LogP contribution in [0.15, 0.2) is 35.2 Å². The Hall–Kier alpha value is -0.690. The van der Waals surface area contributed by atoms with Gasteiger partial charge in [0.15, 0.2) is 0 Å². The van der Waals surface area contributed by atoms with Crippen LogP contribution in [0.25, 0.3) is 5.57 Å². The van der Waals surface area contributed by atoms with Crippen molar-refractivity contribution >= 4 is 18.2 Å². The lowest BCUT2D eigenvalue weighted by Gasteiger charge is -2.21. The molecular weight excluding hydrogens is 212 g/mol. The molecule has 0 nitrogen and oxygen atoms in total. The van der Waals surface area contributed by atoms with Gasteiger partial charge in [0.1, 0.15) is 0 Å². The second-order valence-corrected chi connectivity index (χ2v) is 5.22. The first-order valence-electron chi connectivity index (χ1n) is 6.28. The molecule has 1 heteroatoms. The number of hydrogen-bond acceptors (Lipinski definition) is 1. The Kier molecular flexibility index (Phi) is 4.11. The first-order valence-corrected chi connectivity index (χ1v) is 6.72. The fourth-order valence-corrected chi connectivity index (χ4v) is 2.65. The molecule has 1 aliphatic carbocycles. The Labute approximate surface area is 104 Å². The standard InChI is InChI=1S/C15H20S/c1-2-3-12-4-6-13(7-5-12)14-8-10-15(16)11-9-14/h6,8-12,16H,2-5,7H2,1H3. The van der Waals surface area contributed by atoms with Crippen LogP contribution in [0.4, 0.5) is 0 Å². The topological polar surface area (TPSA) is 0 Å². The number of rotatable bonds is 3. The molecule has 16 heavy (non-hydrogen) atoms. The van der Waals surface area contributed by atoms with Gasteiger partial charge in [-0.15, -0.1) is 12.6 Å². The van der Waals surface area contributed by atoms with Crippen LogP contribution >= 0.6 is 12.6 Å². The van der Waals surface area contributed by atoms with Crippen LogP contribution in [-0.2, 0) is 0 Å². The number of hydrogen-bond donors (Lipinski definition) is 1. The molecule has 0 aromatic heterocycles. The number of thiol groups is 1. The fourth-order valence-electron chi connectivity index (χ4n) is 2.50. The first kappa shape index (κ1) is 11.8. The summed E-state index contributed by atoms with van der Waals surface area (Å²) in [7, 11) is 0. The lowest BCUT2D eigenvalue weighted by Crippen LogP contribution is -2.04. The van der Waals surface area contributed by atoms with Crippen molar-refractivity contribution in [3.63, 3.8) is 0 Å². The van der Waals surface area contributed by atoms with Crippen molar-refractivity contribution in [3.05, 3.63) is 35.9 Å². The summed E-state index contributed by atoms with van der Waals surface area (Å²) in [5.41, 5.74) is 2.91. The quantitative estimate of drug-likeness (QED) is 0.700. The molecule has 0 aliphatic heterocycles. The third-order valence-corrected chi connectivity index (χ3v) is 3.75. The summed E-state index contributed by atoms with van der Waals surface area (Å²) < 4.78 is 0. The summed E-state index contributed by atoms with van der Waals surface area (Å²) in [6.45, 7) is 2.28. The SMILES string of the molecule is CCCC1CC=C(c2ccc(S)cc2)CC1. The molecule has 1 atom stereocenters. The largest absolute Gasteiger partial charge is 0.143 e. The Morgan fingerprint density at radius 2 is 2.00 bits per heavy atom. The van der Waals surface area contributed by atoms with Gasteiger partial charge in [0, 0.05) is 4.90 Å². The molecule has 0 N–H and O–H groups in total. The van der Waals surface area contributed by atoms with E-state index in [9.17, 15) is 0 Å². The highest BCUT2D eigenvalue weighted by molar-refractivity contribution is 7.80. The lowest BCUT2D eigenvalue weighted by molar-refractivity contribution is 0.445. The Morgan fingerprint density at radius 1 is 1.25 bits per heavy atom. The van der Waals surface area contributed by atoms with Gasteiger partial charge in [-0.1, -0.05) is 38.0 Å². The van der Waals surface area contributed by atoms with Crippen molar-refractivity contribution in [1.29, 1.82) is 0 Å². The van der Waals surface area contributed by atoms with Crippen LogP contribution in [-0.4, -0.2) is 0 Å². The van der Waals surface area contributed by atoms with Crippen LogP contribution in [0.1, 0.15) is 44.6 Å². The average molecular weight is 232 g/mol. The molecule has 0 radical (unpaired) electrons. The minimum absolute atomic E-state index is 0.929. The molecule has 0 heterocycles. The molecule has 1 aromatic rings. The van der Waals surface area contributed by atoms with Crippen molar-refractivity contribution in [3.8, 4) is 0 Å². The van der Waals surface area contributed by atoms with E-state index in [0.29, 0.717) is 0 Å². The van der Waals surface area contributed by atoms with Gasteiger partial charge < -0.3 is 0 Å². The third kappa shape index (κ3) is 2.91. The first-order chi connectivity index (χ1) is 7.79. The Bertz CT molecular complexity index is 362. The lowest BCUT2D eigenvalue weighted by atomic mass is 9.84. The van der Waals surface area contributed by atoms with E-state index in [1.807, 2.05) is 0 Å². The minimum Gasteiger partial charge on any atom is -0.143 e. The zero-order valence-electron chi connectivity index (χ0n) is 9.95. The predicted molar refractivity (Wildman–Crippen MR) is 73.9 cm³/mol. The summed E-state index contributed by atoms with van der Waals surface area (Å²) in [5, 5.41) is 0. The second kappa shape index (κ2) is 5.58. The summed E-state index contributed by atoms with van der Waals surface area (Å²) in [4.78, 5) is 1.05. The van der Waals surface area contributed by atoms with Gasteiger partial charge in [0.05, 0.1) is 0 Å². The van der Waals surface area contributed by atoms with Gasteiger partial charge in [-0.3, -0.25) is 0 Å².